The van der Waals surface area contributed by atoms with Crippen molar-refractivity contribution in [3.8, 4) is 11.3 Å². The summed E-state index contributed by atoms with van der Waals surface area (Å²) in [6, 6.07) is 8.52. The minimum absolute atomic E-state index is 0.351. The van der Waals surface area contributed by atoms with Gasteiger partial charge in [0.25, 0.3) is 0 Å². The van der Waals surface area contributed by atoms with E-state index in [1.54, 1.807) is 12.1 Å². The highest BCUT2D eigenvalue weighted by Gasteiger charge is 2.12. The van der Waals surface area contributed by atoms with Gasteiger partial charge in [0.1, 0.15) is 23.0 Å². The van der Waals surface area contributed by atoms with Crippen molar-refractivity contribution in [1.82, 2.24) is 9.38 Å². The first-order valence-corrected chi connectivity index (χ1v) is 6.13. The maximum absolute atomic E-state index is 13.2. The van der Waals surface area contributed by atoms with Crippen LogP contribution in [0, 0.1) is 12.7 Å². The van der Waals surface area contributed by atoms with Gasteiger partial charge in [-0.2, -0.15) is 0 Å². The summed E-state index contributed by atoms with van der Waals surface area (Å²) in [7, 11) is 0. The zero-order chi connectivity index (χ0) is 13.6. The Bertz CT molecular complexity index is 780. The predicted octanol–water partition coefficient (Wildman–Crippen LogP) is 3.68. The summed E-state index contributed by atoms with van der Waals surface area (Å²) in [5.41, 5.74) is 9.08. The summed E-state index contributed by atoms with van der Waals surface area (Å²) in [6.45, 7) is 1.91. The van der Waals surface area contributed by atoms with Crippen LogP contribution in [0.2, 0.25) is 5.02 Å². The van der Waals surface area contributed by atoms with Crippen LogP contribution >= 0.6 is 11.6 Å². The van der Waals surface area contributed by atoms with Crippen molar-refractivity contribution in [2.45, 2.75) is 6.92 Å². The summed E-state index contributed by atoms with van der Waals surface area (Å²) < 4.78 is 14.8. The Morgan fingerprint density at radius 1 is 1.26 bits per heavy atom. The largest absolute Gasteiger partial charge is 0.383 e. The van der Waals surface area contributed by atoms with Gasteiger partial charge in [-0.1, -0.05) is 17.7 Å². The number of halogens is 2. The number of aryl methyl sites for hydroxylation is 1. The molecule has 0 spiro atoms. The Hall–Kier alpha value is -2.07. The number of nitrogens with two attached hydrogens (primary N) is 1. The Balaban J connectivity index is 2.24. The fourth-order valence-electron chi connectivity index (χ4n) is 2.04. The number of hydrogen-bond donors (Lipinski definition) is 1. The molecule has 0 saturated heterocycles. The third-order valence-electron chi connectivity index (χ3n) is 3.05. The van der Waals surface area contributed by atoms with Crippen molar-refractivity contribution in [2.75, 3.05) is 5.73 Å². The molecule has 3 aromatic rings. The minimum Gasteiger partial charge on any atom is -0.383 e. The van der Waals surface area contributed by atoms with Crippen LogP contribution in [0.5, 0.6) is 0 Å². The Labute approximate surface area is 114 Å². The summed E-state index contributed by atoms with van der Waals surface area (Å²) in [5, 5.41) is 0.692. The highest BCUT2D eigenvalue weighted by molar-refractivity contribution is 6.31. The molecule has 5 heteroatoms. The number of pyridine rings is 1. The first-order valence-electron chi connectivity index (χ1n) is 5.76. The maximum Gasteiger partial charge on any atom is 0.140 e. The molecule has 2 N–H and O–H groups in total. The molecule has 0 aliphatic rings. The van der Waals surface area contributed by atoms with Crippen LogP contribution in [0.3, 0.4) is 0 Å². The molecule has 0 aliphatic heterocycles. The molecule has 0 atom stereocenters. The normalized spacial score (nSPS) is 11.1. The van der Waals surface area contributed by atoms with Gasteiger partial charge in [-0.15, -0.1) is 0 Å². The van der Waals surface area contributed by atoms with E-state index in [1.807, 2.05) is 19.1 Å². The van der Waals surface area contributed by atoms with Gasteiger partial charge in [-0.25, -0.2) is 9.37 Å². The predicted molar refractivity (Wildman–Crippen MR) is 74.7 cm³/mol. The molecule has 3 nitrogen and oxygen atoms in total. The van der Waals surface area contributed by atoms with Crippen molar-refractivity contribution in [3.63, 3.8) is 0 Å². The lowest BCUT2D eigenvalue weighted by atomic mass is 10.1. The summed E-state index contributed by atoms with van der Waals surface area (Å²) in [5.74, 6) is 0.0617. The lowest BCUT2D eigenvalue weighted by Gasteiger charge is -2.02. The molecule has 19 heavy (non-hydrogen) atoms. The van der Waals surface area contributed by atoms with Crippen LogP contribution in [0.15, 0.2) is 36.5 Å². The number of anilines is 1. The zero-order valence-electron chi connectivity index (χ0n) is 10.2. The third-order valence-corrected chi connectivity index (χ3v) is 3.47. The van der Waals surface area contributed by atoms with Crippen molar-refractivity contribution in [2.24, 2.45) is 0 Å². The third kappa shape index (κ3) is 1.94. The van der Waals surface area contributed by atoms with E-state index in [1.165, 1.54) is 16.7 Å². The number of rotatable bonds is 1. The van der Waals surface area contributed by atoms with Crippen LogP contribution in [0.4, 0.5) is 10.2 Å². The first kappa shape index (κ1) is 12.0. The molecule has 2 heterocycles. The fraction of sp³-hybridized carbons (Fsp3) is 0.0714. The van der Waals surface area contributed by atoms with Crippen LogP contribution in [0.1, 0.15) is 5.56 Å². The van der Waals surface area contributed by atoms with Gasteiger partial charge in [0, 0.05) is 16.8 Å². The van der Waals surface area contributed by atoms with Crippen molar-refractivity contribution < 1.29 is 4.39 Å². The van der Waals surface area contributed by atoms with E-state index in [2.05, 4.69) is 4.98 Å². The van der Waals surface area contributed by atoms with Gasteiger partial charge >= 0.3 is 0 Å². The average Bonchev–Trinajstić information content (AvgIpc) is 2.70. The number of aromatic nitrogens is 2. The molecule has 0 unspecified atom stereocenters. The highest BCUT2D eigenvalue weighted by Crippen LogP contribution is 2.29. The molecule has 0 radical (unpaired) electrons. The zero-order valence-corrected chi connectivity index (χ0v) is 10.9. The Morgan fingerprint density at radius 3 is 2.79 bits per heavy atom. The topological polar surface area (TPSA) is 43.3 Å². The standard InChI is InChI=1S/C14H11ClFN3/c1-8-6-9(2-4-11(8)15)13-14(17)19-7-10(16)3-5-12(19)18-13/h2-7H,17H2,1H3. The Morgan fingerprint density at radius 2 is 2.05 bits per heavy atom. The van der Waals surface area contributed by atoms with Gasteiger partial charge in [-0.05, 0) is 36.8 Å². The molecule has 2 aromatic heterocycles. The summed E-state index contributed by atoms with van der Waals surface area (Å²) in [4.78, 5) is 4.42. The number of hydrogen-bond acceptors (Lipinski definition) is 2. The fourth-order valence-corrected chi connectivity index (χ4v) is 2.16. The highest BCUT2D eigenvalue weighted by atomic mass is 35.5. The molecule has 96 valence electrons. The van der Waals surface area contributed by atoms with Gasteiger partial charge in [0.2, 0.25) is 0 Å². The minimum atomic E-state index is -0.351. The molecular weight excluding hydrogens is 265 g/mol. The van der Waals surface area contributed by atoms with Crippen LogP contribution < -0.4 is 5.73 Å². The Kier molecular flexibility index (Phi) is 2.68. The van der Waals surface area contributed by atoms with Gasteiger partial charge in [0.05, 0.1) is 0 Å². The van der Waals surface area contributed by atoms with E-state index < -0.39 is 0 Å². The maximum atomic E-state index is 13.2. The number of nitrogen functional groups attached to an aromatic ring is 1. The second kappa shape index (κ2) is 4.24. The lowest BCUT2D eigenvalue weighted by molar-refractivity contribution is 0.619. The summed E-state index contributed by atoms with van der Waals surface area (Å²) >= 11 is 6.00. The van der Waals surface area contributed by atoms with Crippen molar-refractivity contribution >= 4 is 23.1 Å². The molecule has 0 fully saturated rings. The number of benzene rings is 1. The molecule has 0 bridgehead atoms. The number of fused-ring (bicyclic) bond motifs is 1. The van der Waals surface area contributed by atoms with E-state index in [4.69, 9.17) is 17.3 Å². The number of imidazole rings is 1. The second-order valence-electron chi connectivity index (χ2n) is 4.39. The van der Waals surface area contributed by atoms with Crippen LogP contribution in [0.25, 0.3) is 16.9 Å². The van der Waals surface area contributed by atoms with E-state index in [0.29, 0.717) is 22.2 Å². The van der Waals surface area contributed by atoms with E-state index in [9.17, 15) is 4.39 Å². The van der Waals surface area contributed by atoms with E-state index in [0.717, 1.165) is 11.1 Å². The molecular formula is C14H11ClFN3. The molecule has 3 rings (SSSR count). The van der Waals surface area contributed by atoms with Crippen LogP contribution in [-0.2, 0) is 0 Å². The van der Waals surface area contributed by atoms with Crippen molar-refractivity contribution in [3.05, 3.63) is 52.9 Å². The molecule has 1 aromatic carbocycles. The smallest absolute Gasteiger partial charge is 0.140 e. The molecule has 0 amide bonds. The van der Waals surface area contributed by atoms with Gasteiger partial charge in [-0.3, -0.25) is 4.40 Å². The van der Waals surface area contributed by atoms with E-state index in [-0.39, 0.29) is 5.82 Å². The van der Waals surface area contributed by atoms with Gasteiger partial charge < -0.3 is 5.73 Å². The number of nitrogens with zero attached hydrogens (tertiary/aromatic N) is 2. The average molecular weight is 276 g/mol. The second-order valence-corrected chi connectivity index (χ2v) is 4.79. The van der Waals surface area contributed by atoms with Crippen molar-refractivity contribution in [1.29, 1.82) is 0 Å². The monoisotopic (exact) mass is 275 g/mol. The summed E-state index contributed by atoms with van der Waals surface area (Å²) in [6.07, 6.45) is 1.32. The SMILES string of the molecule is Cc1cc(-c2nc3ccc(F)cn3c2N)ccc1Cl. The van der Waals surface area contributed by atoms with E-state index >= 15 is 0 Å². The quantitative estimate of drug-likeness (QED) is 0.736. The first-order chi connectivity index (χ1) is 9.06. The molecule has 0 aliphatic carbocycles. The van der Waals surface area contributed by atoms with Crippen LogP contribution in [-0.4, -0.2) is 9.38 Å². The molecule has 0 saturated carbocycles. The van der Waals surface area contributed by atoms with Gasteiger partial charge in [0.15, 0.2) is 0 Å². The lowest BCUT2D eigenvalue weighted by Crippen LogP contribution is -1.95.